The number of ether oxygens (including phenoxy) is 1. The van der Waals surface area contributed by atoms with Crippen LogP contribution in [-0.2, 0) is 13.5 Å². The number of halogens is 2. The number of aryl methyl sites for hydroxylation is 2. The second-order valence-corrected chi connectivity index (χ2v) is 4.35. The van der Waals surface area contributed by atoms with Gasteiger partial charge in [0.25, 0.3) is 0 Å². The first-order valence-corrected chi connectivity index (χ1v) is 6.10. The molecular weight excluding hydrogens is 266 g/mol. The average molecular weight is 280 g/mol. The number of carbonyl (C=O) groups excluding carboxylic acids is 1. The van der Waals surface area contributed by atoms with Gasteiger partial charge >= 0.3 is 6.61 Å². The summed E-state index contributed by atoms with van der Waals surface area (Å²) in [5.74, 6) is -0.124. The zero-order valence-corrected chi connectivity index (χ0v) is 10.9. The van der Waals surface area contributed by atoms with Crippen LogP contribution in [0.2, 0.25) is 0 Å². The fourth-order valence-corrected chi connectivity index (χ4v) is 1.85. The Morgan fingerprint density at radius 2 is 2.25 bits per heavy atom. The molecule has 0 aliphatic heterocycles. The maximum atomic E-state index is 12.1. The molecule has 0 aliphatic rings. The van der Waals surface area contributed by atoms with Gasteiger partial charge in [-0.1, -0.05) is 12.1 Å². The molecule has 0 bridgehead atoms. The number of hydrogen-bond acceptors (Lipinski definition) is 3. The first-order chi connectivity index (χ1) is 9.54. The molecule has 4 nitrogen and oxygen atoms in total. The van der Waals surface area contributed by atoms with Gasteiger partial charge < -0.3 is 4.74 Å². The molecule has 20 heavy (non-hydrogen) atoms. The fourth-order valence-electron chi connectivity index (χ4n) is 1.85. The molecule has 0 atom stereocenters. The summed E-state index contributed by atoms with van der Waals surface area (Å²) in [6.07, 6.45) is 4.39. The molecule has 2 aromatic rings. The van der Waals surface area contributed by atoms with Gasteiger partial charge in [0, 0.05) is 25.2 Å². The van der Waals surface area contributed by atoms with Gasteiger partial charge in [0.2, 0.25) is 0 Å². The Hall–Kier alpha value is -2.24. The topological polar surface area (TPSA) is 44.1 Å². The van der Waals surface area contributed by atoms with Crippen molar-refractivity contribution in [1.82, 2.24) is 9.78 Å². The van der Waals surface area contributed by atoms with Gasteiger partial charge in [-0.15, -0.1) is 0 Å². The molecule has 0 saturated heterocycles. The Morgan fingerprint density at radius 1 is 1.45 bits per heavy atom. The van der Waals surface area contributed by atoms with Crippen LogP contribution in [0.1, 0.15) is 22.3 Å². The van der Waals surface area contributed by atoms with Crippen LogP contribution in [0.15, 0.2) is 36.7 Å². The van der Waals surface area contributed by atoms with Gasteiger partial charge in [0.15, 0.2) is 5.78 Å². The van der Waals surface area contributed by atoms with Crippen molar-refractivity contribution in [3.8, 4) is 5.75 Å². The molecule has 1 aromatic carbocycles. The molecule has 2 rings (SSSR count). The van der Waals surface area contributed by atoms with E-state index in [2.05, 4.69) is 9.84 Å². The molecule has 0 saturated carbocycles. The lowest BCUT2D eigenvalue weighted by Gasteiger charge is -2.06. The maximum absolute atomic E-state index is 12.1. The standard InChI is InChI=1S/C14H14F2N2O2/c1-18-9-10(8-17-18)5-6-13(19)11-3-2-4-12(7-11)20-14(15)16/h2-4,7-9,14H,5-6H2,1H3. The summed E-state index contributed by atoms with van der Waals surface area (Å²) in [4.78, 5) is 12.0. The van der Waals surface area contributed by atoms with Crippen molar-refractivity contribution < 1.29 is 18.3 Å². The van der Waals surface area contributed by atoms with Gasteiger partial charge in [-0.3, -0.25) is 9.48 Å². The minimum Gasteiger partial charge on any atom is -0.435 e. The van der Waals surface area contributed by atoms with Crippen LogP contribution in [0, 0.1) is 0 Å². The predicted molar refractivity (Wildman–Crippen MR) is 68.9 cm³/mol. The van der Waals surface area contributed by atoms with E-state index >= 15 is 0 Å². The van der Waals surface area contributed by atoms with Gasteiger partial charge in [0.1, 0.15) is 5.75 Å². The molecule has 1 aromatic heterocycles. The second-order valence-electron chi connectivity index (χ2n) is 4.35. The van der Waals surface area contributed by atoms with Crippen LogP contribution in [0.4, 0.5) is 8.78 Å². The van der Waals surface area contributed by atoms with E-state index in [1.165, 1.54) is 18.2 Å². The van der Waals surface area contributed by atoms with E-state index in [-0.39, 0.29) is 11.5 Å². The normalized spacial score (nSPS) is 10.8. The van der Waals surface area contributed by atoms with Crippen LogP contribution >= 0.6 is 0 Å². The zero-order chi connectivity index (χ0) is 14.5. The molecule has 1 heterocycles. The van der Waals surface area contributed by atoms with Gasteiger partial charge in [0.05, 0.1) is 6.20 Å². The van der Waals surface area contributed by atoms with Crippen molar-refractivity contribution in [2.75, 3.05) is 0 Å². The molecule has 0 aliphatic carbocycles. The van der Waals surface area contributed by atoms with Crippen LogP contribution in [0.3, 0.4) is 0 Å². The summed E-state index contributed by atoms with van der Waals surface area (Å²) >= 11 is 0. The van der Waals surface area contributed by atoms with E-state index in [9.17, 15) is 13.6 Å². The fraction of sp³-hybridized carbons (Fsp3) is 0.286. The summed E-state index contributed by atoms with van der Waals surface area (Å²) < 4.78 is 30.2. The van der Waals surface area contributed by atoms with Crippen LogP contribution in [0.5, 0.6) is 5.75 Å². The number of aromatic nitrogens is 2. The van der Waals surface area contributed by atoms with Crippen molar-refractivity contribution in [3.05, 3.63) is 47.8 Å². The highest BCUT2D eigenvalue weighted by atomic mass is 19.3. The summed E-state index contributed by atoms with van der Waals surface area (Å²) in [7, 11) is 1.80. The third-order valence-corrected chi connectivity index (χ3v) is 2.78. The van der Waals surface area contributed by atoms with E-state index in [4.69, 9.17) is 0 Å². The summed E-state index contributed by atoms with van der Waals surface area (Å²) in [6, 6.07) is 5.83. The minimum absolute atomic E-state index is 0.00720. The molecule has 0 N–H and O–H groups in total. The molecule has 0 amide bonds. The first-order valence-electron chi connectivity index (χ1n) is 6.10. The Kier molecular flexibility index (Phi) is 4.45. The number of hydrogen-bond donors (Lipinski definition) is 0. The SMILES string of the molecule is Cn1cc(CCC(=O)c2cccc(OC(F)F)c2)cn1. The number of Topliss-reactive ketones (excluding diaryl/α,β-unsaturated/α-hetero) is 1. The first kappa shape index (κ1) is 14.2. The third kappa shape index (κ3) is 3.88. The van der Waals surface area contributed by atoms with Crippen LogP contribution in [0.25, 0.3) is 0 Å². The number of carbonyl (C=O) groups is 1. The van der Waals surface area contributed by atoms with Crippen LogP contribution in [-0.4, -0.2) is 22.2 Å². The number of ketones is 1. The Morgan fingerprint density at radius 3 is 2.90 bits per heavy atom. The van der Waals surface area contributed by atoms with Gasteiger partial charge in [-0.25, -0.2) is 0 Å². The van der Waals surface area contributed by atoms with E-state index in [1.807, 2.05) is 6.20 Å². The van der Waals surface area contributed by atoms with Crippen molar-refractivity contribution in [1.29, 1.82) is 0 Å². The smallest absolute Gasteiger partial charge is 0.387 e. The number of alkyl halides is 2. The number of rotatable bonds is 6. The number of nitrogens with zero attached hydrogens (tertiary/aromatic N) is 2. The second kappa shape index (κ2) is 6.27. The third-order valence-electron chi connectivity index (χ3n) is 2.78. The Labute approximate surface area is 115 Å². The highest BCUT2D eigenvalue weighted by molar-refractivity contribution is 5.96. The molecule has 0 fully saturated rings. The van der Waals surface area contributed by atoms with Gasteiger partial charge in [-0.05, 0) is 24.1 Å². The van der Waals surface area contributed by atoms with E-state index < -0.39 is 6.61 Å². The van der Waals surface area contributed by atoms with E-state index in [1.54, 1.807) is 24.0 Å². The molecule has 0 unspecified atom stereocenters. The zero-order valence-electron chi connectivity index (χ0n) is 10.9. The lowest BCUT2D eigenvalue weighted by Crippen LogP contribution is -2.04. The molecule has 106 valence electrons. The highest BCUT2D eigenvalue weighted by Gasteiger charge is 2.10. The highest BCUT2D eigenvalue weighted by Crippen LogP contribution is 2.17. The quantitative estimate of drug-likeness (QED) is 0.764. The van der Waals surface area contributed by atoms with Crippen molar-refractivity contribution >= 4 is 5.78 Å². The summed E-state index contributed by atoms with van der Waals surface area (Å²) in [6.45, 7) is -2.89. The monoisotopic (exact) mass is 280 g/mol. The lowest BCUT2D eigenvalue weighted by atomic mass is 10.0. The predicted octanol–water partition coefficient (Wildman–Crippen LogP) is 2.84. The maximum Gasteiger partial charge on any atom is 0.387 e. The molecule has 0 spiro atoms. The minimum atomic E-state index is -2.89. The largest absolute Gasteiger partial charge is 0.435 e. The van der Waals surface area contributed by atoms with Crippen molar-refractivity contribution in [3.63, 3.8) is 0 Å². The van der Waals surface area contributed by atoms with E-state index in [0.717, 1.165) is 5.56 Å². The molecule has 0 radical (unpaired) electrons. The summed E-state index contributed by atoms with van der Waals surface area (Å²) in [5, 5.41) is 4.02. The number of benzene rings is 1. The van der Waals surface area contributed by atoms with Crippen molar-refractivity contribution in [2.24, 2.45) is 7.05 Å². The molecule has 6 heteroatoms. The van der Waals surface area contributed by atoms with Crippen LogP contribution < -0.4 is 4.74 Å². The average Bonchev–Trinajstić information content (AvgIpc) is 2.81. The van der Waals surface area contributed by atoms with Gasteiger partial charge in [-0.2, -0.15) is 13.9 Å². The Bertz CT molecular complexity index is 596. The lowest BCUT2D eigenvalue weighted by molar-refractivity contribution is -0.0498. The summed E-state index contributed by atoms with van der Waals surface area (Å²) in [5.41, 5.74) is 1.33. The molecular formula is C14H14F2N2O2. The van der Waals surface area contributed by atoms with E-state index in [0.29, 0.717) is 18.4 Å². The Balaban J connectivity index is 1.98. The van der Waals surface area contributed by atoms with Crippen molar-refractivity contribution in [2.45, 2.75) is 19.5 Å².